The maximum Gasteiger partial charge on any atom is 0.263 e. The van der Waals surface area contributed by atoms with Crippen LogP contribution in [0.25, 0.3) is 10.7 Å². The van der Waals surface area contributed by atoms with Crippen LogP contribution in [0.3, 0.4) is 0 Å². The fraction of sp³-hybridized carbons (Fsp3) is 0.350. The van der Waals surface area contributed by atoms with E-state index in [0.717, 1.165) is 21.8 Å². The van der Waals surface area contributed by atoms with E-state index in [4.69, 9.17) is 9.26 Å². The number of benzene rings is 1. The van der Waals surface area contributed by atoms with Crippen LogP contribution in [0.5, 0.6) is 5.75 Å². The van der Waals surface area contributed by atoms with Gasteiger partial charge in [0.25, 0.3) is 5.91 Å². The fourth-order valence-corrected chi connectivity index (χ4v) is 3.33. The van der Waals surface area contributed by atoms with Crippen LogP contribution in [-0.4, -0.2) is 33.6 Å². The molecule has 1 amide bonds. The van der Waals surface area contributed by atoms with Gasteiger partial charge in [-0.1, -0.05) is 23.4 Å². The third-order valence-corrected chi connectivity index (χ3v) is 5.30. The maximum absolute atomic E-state index is 12.8. The number of carbonyl (C=O) groups excluding carboxylic acids is 1. The zero-order valence-corrected chi connectivity index (χ0v) is 16.7. The third-order valence-electron chi connectivity index (χ3n) is 4.44. The minimum Gasteiger partial charge on any atom is -0.481 e. The summed E-state index contributed by atoms with van der Waals surface area (Å²) in [7, 11) is 0. The van der Waals surface area contributed by atoms with Gasteiger partial charge in [0, 0.05) is 6.54 Å². The molecule has 0 saturated carbocycles. The van der Waals surface area contributed by atoms with Crippen molar-refractivity contribution in [2.24, 2.45) is 0 Å². The lowest BCUT2D eigenvalue weighted by molar-refractivity contribution is -0.138. The Labute approximate surface area is 162 Å². The molecule has 3 aromatic rings. The lowest BCUT2D eigenvalue weighted by atomic mass is 10.1. The van der Waals surface area contributed by atoms with Gasteiger partial charge in [0.15, 0.2) is 6.10 Å². The largest absolute Gasteiger partial charge is 0.481 e. The molecule has 0 N–H and O–H groups in total. The van der Waals surface area contributed by atoms with E-state index < -0.39 is 6.10 Å². The topological polar surface area (TPSA) is 68.5 Å². The van der Waals surface area contributed by atoms with Crippen LogP contribution in [0, 0.1) is 13.8 Å². The van der Waals surface area contributed by atoms with Crippen molar-refractivity contribution < 1.29 is 14.1 Å². The second kappa shape index (κ2) is 8.35. The number of aromatic nitrogens is 2. The average Bonchev–Trinajstić information content (AvgIpc) is 3.34. The summed E-state index contributed by atoms with van der Waals surface area (Å²) in [4.78, 5) is 19.8. The summed E-state index contributed by atoms with van der Waals surface area (Å²) in [6.45, 7) is 8.47. The van der Waals surface area contributed by atoms with Crippen molar-refractivity contribution in [3.8, 4) is 16.5 Å². The number of rotatable bonds is 7. The van der Waals surface area contributed by atoms with Crippen LogP contribution < -0.4 is 4.74 Å². The van der Waals surface area contributed by atoms with E-state index in [-0.39, 0.29) is 12.5 Å². The number of aryl methyl sites for hydroxylation is 1. The standard InChI is InChI=1S/C20H23N3O3S/c1-5-23(12-18-21-19(22-26-18)17-10-7-11-27-17)20(24)15(4)25-16-9-6-8-13(2)14(16)3/h6-11,15H,5,12H2,1-4H3. The Hall–Kier alpha value is -2.67. The molecular weight excluding hydrogens is 362 g/mol. The number of amides is 1. The van der Waals surface area contributed by atoms with Crippen LogP contribution in [0.15, 0.2) is 40.2 Å². The van der Waals surface area contributed by atoms with Crippen LogP contribution >= 0.6 is 11.3 Å². The second-order valence-corrected chi connectivity index (χ2v) is 7.25. The summed E-state index contributed by atoms with van der Waals surface area (Å²) >= 11 is 1.54. The highest BCUT2D eigenvalue weighted by Gasteiger charge is 2.24. The molecule has 2 aromatic heterocycles. The van der Waals surface area contributed by atoms with Gasteiger partial charge in [0.2, 0.25) is 11.7 Å². The lowest BCUT2D eigenvalue weighted by Crippen LogP contribution is -2.40. The third kappa shape index (κ3) is 4.36. The van der Waals surface area contributed by atoms with E-state index in [9.17, 15) is 4.79 Å². The van der Waals surface area contributed by atoms with Crippen LogP contribution in [0.2, 0.25) is 0 Å². The van der Waals surface area contributed by atoms with Gasteiger partial charge in [-0.3, -0.25) is 4.79 Å². The smallest absolute Gasteiger partial charge is 0.263 e. The Balaban J connectivity index is 1.67. The number of carbonyl (C=O) groups is 1. The number of ether oxygens (including phenoxy) is 1. The quantitative estimate of drug-likeness (QED) is 0.609. The number of hydrogen-bond donors (Lipinski definition) is 0. The summed E-state index contributed by atoms with van der Waals surface area (Å²) in [5.74, 6) is 1.56. The van der Waals surface area contributed by atoms with E-state index in [1.807, 2.05) is 56.5 Å². The molecule has 7 heteroatoms. The van der Waals surface area contributed by atoms with E-state index in [0.29, 0.717) is 18.3 Å². The van der Waals surface area contributed by atoms with Crippen molar-refractivity contribution in [2.75, 3.05) is 6.54 Å². The van der Waals surface area contributed by atoms with E-state index in [1.165, 1.54) is 0 Å². The summed E-state index contributed by atoms with van der Waals surface area (Å²) in [6.07, 6.45) is -0.606. The first-order valence-corrected chi connectivity index (χ1v) is 9.75. The molecule has 0 aliphatic heterocycles. The molecule has 1 atom stereocenters. The van der Waals surface area contributed by atoms with Crippen LogP contribution in [0.1, 0.15) is 30.9 Å². The Morgan fingerprint density at radius 2 is 2.11 bits per heavy atom. The van der Waals surface area contributed by atoms with Crippen LogP contribution in [-0.2, 0) is 11.3 Å². The molecular formula is C20H23N3O3S. The molecule has 1 unspecified atom stereocenters. The van der Waals surface area contributed by atoms with Crippen molar-refractivity contribution in [1.82, 2.24) is 15.0 Å². The summed E-state index contributed by atoms with van der Waals surface area (Å²) in [5.41, 5.74) is 2.17. The molecule has 0 spiro atoms. The molecule has 2 heterocycles. The van der Waals surface area contributed by atoms with Gasteiger partial charge >= 0.3 is 0 Å². The number of likely N-dealkylation sites (N-methyl/N-ethyl adjacent to an activating group) is 1. The fourth-order valence-electron chi connectivity index (χ4n) is 2.68. The molecule has 3 rings (SSSR count). The zero-order valence-electron chi connectivity index (χ0n) is 15.9. The second-order valence-electron chi connectivity index (χ2n) is 6.30. The van der Waals surface area contributed by atoms with E-state index in [1.54, 1.807) is 23.2 Å². The van der Waals surface area contributed by atoms with Crippen molar-refractivity contribution in [3.05, 3.63) is 52.7 Å². The average molecular weight is 385 g/mol. The first kappa shape index (κ1) is 19.1. The Kier molecular flexibility index (Phi) is 5.91. The molecule has 0 saturated heterocycles. The van der Waals surface area contributed by atoms with Gasteiger partial charge in [-0.25, -0.2) is 0 Å². The van der Waals surface area contributed by atoms with E-state index >= 15 is 0 Å². The van der Waals surface area contributed by atoms with Gasteiger partial charge < -0.3 is 14.2 Å². The summed E-state index contributed by atoms with van der Waals surface area (Å²) in [6, 6.07) is 9.70. The number of thiophene rings is 1. The normalized spacial score (nSPS) is 12.0. The Morgan fingerprint density at radius 3 is 2.81 bits per heavy atom. The highest BCUT2D eigenvalue weighted by Crippen LogP contribution is 2.23. The van der Waals surface area contributed by atoms with E-state index in [2.05, 4.69) is 10.1 Å². The zero-order chi connectivity index (χ0) is 19.4. The molecule has 6 nitrogen and oxygen atoms in total. The highest BCUT2D eigenvalue weighted by atomic mass is 32.1. The molecule has 0 aliphatic rings. The minimum atomic E-state index is -0.606. The van der Waals surface area contributed by atoms with Crippen molar-refractivity contribution in [1.29, 1.82) is 0 Å². The van der Waals surface area contributed by atoms with Crippen molar-refractivity contribution >= 4 is 17.2 Å². The molecule has 142 valence electrons. The molecule has 0 fully saturated rings. The van der Waals surface area contributed by atoms with Gasteiger partial charge in [-0.05, 0) is 56.3 Å². The maximum atomic E-state index is 12.8. The van der Waals surface area contributed by atoms with Gasteiger partial charge in [-0.2, -0.15) is 4.98 Å². The van der Waals surface area contributed by atoms with Gasteiger partial charge in [0.1, 0.15) is 12.3 Å². The SMILES string of the molecule is CCN(Cc1nc(-c2cccs2)no1)C(=O)C(C)Oc1cccc(C)c1C. The minimum absolute atomic E-state index is 0.116. The summed E-state index contributed by atoms with van der Waals surface area (Å²) < 4.78 is 11.2. The van der Waals surface area contributed by atoms with Crippen LogP contribution in [0.4, 0.5) is 0 Å². The molecule has 0 bridgehead atoms. The first-order valence-electron chi connectivity index (χ1n) is 8.87. The lowest BCUT2D eigenvalue weighted by Gasteiger charge is -2.24. The predicted molar refractivity (Wildman–Crippen MR) is 105 cm³/mol. The number of nitrogens with zero attached hydrogens (tertiary/aromatic N) is 3. The predicted octanol–water partition coefficient (Wildman–Crippen LogP) is 4.23. The Morgan fingerprint density at radius 1 is 1.30 bits per heavy atom. The van der Waals surface area contributed by atoms with Crippen molar-refractivity contribution in [2.45, 2.75) is 40.3 Å². The van der Waals surface area contributed by atoms with Crippen molar-refractivity contribution in [3.63, 3.8) is 0 Å². The Bertz CT molecular complexity index is 905. The highest BCUT2D eigenvalue weighted by molar-refractivity contribution is 7.13. The molecule has 1 aromatic carbocycles. The molecule has 0 radical (unpaired) electrons. The first-order chi connectivity index (χ1) is 13.0. The molecule has 27 heavy (non-hydrogen) atoms. The molecule has 0 aliphatic carbocycles. The van der Waals surface area contributed by atoms with Gasteiger partial charge in [-0.15, -0.1) is 11.3 Å². The van der Waals surface area contributed by atoms with Gasteiger partial charge in [0.05, 0.1) is 4.88 Å². The monoisotopic (exact) mass is 385 g/mol. The summed E-state index contributed by atoms with van der Waals surface area (Å²) in [5, 5.41) is 5.95. The number of hydrogen-bond acceptors (Lipinski definition) is 6.